The van der Waals surface area contributed by atoms with Gasteiger partial charge in [-0.1, -0.05) is 39.4 Å². The first-order chi connectivity index (χ1) is 16.4. The largest absolute Gasteiger partial charge is 0.497 e. The van der Waals surface area contributed by atoms with Gasteiger partial charge in [-0.3, -0.25) is 9.36 Å². The first-order valence-electron chi connectivity index (χ1n) is 10.5. The van der Waals surface area contributed by atoms with Crippen molar-refractivity contribution in [2.45, 2.75) is 24.8 Å². The fraction of sp³-hybridized carbons (Fsp3) is 0.240. The van der Waals surface area contributed by atoms with Gasteiger partial charge in [-0.05, 0) is 67.6 Å². The summed E-state index contributed by atoms with van der Waals surface area (Å²) in [5.74, 6) is 0.224. The second kappa shape index (κ2) is 10.3. The Morgan fingerprint density at radius 1 is 1.26 bits per heavy atom. The minimum atomic E-state index is -0.623. The highest BCUT2D eigenvalue weighted by atomic mass is 79.9. The highest BCUT2D eigenvalue weighted by Gasteiger charge is 2.33. The van der Waals surface area contributed by atoms with E-state index in [1.54, 1.807) is 37.3 Å². The molecule has 0 spiro atoms. The van der Waals surface area contributed by atoms with E-state index >= 15 is 0 Å². The van der Waals surface area contributed by atoms with Crippen molar-refractivity contribution >= 4 is 51.1 Å². The molecule has 9 heteroatoms. The number of allylic oxidation sites excluding steroid dienone is 1. The number of rotatable bonds is 6. The van der Waals surface area contributed by atoms with Gasteiger partial charge in [0.15, 0.2) is 4.80 Å². The summed E-state index contributed by atoms with van der Waals surface area (Å²) in [6, 6.07) is 12.8. The maximum atomic E-state index is 13.7. The molecule has 0 fully saturated rings. The molecule has 1 aliphatic heterocycles. The molecule has 0 radical (unpaired) electrons. The molecule has 0 saturated carbocycles. The molecule has 0 saturated heterocycles. The topological polar surface area (TPSA) is 69.9 Å². The average Bonchev–Trinajstić information content (AvgIpc) is 3.14. The maximum absolute atomic E-state index is 13.7. The van der Waals surface area contributed by atoms with Gasteiger partial charge >= 0.3 is 5.97 Å². The number of hydrogen-bond donors (Lipinski definition) is 0. The summed E-state index contributed by atoms with van der Waals surface area (Å²) in [5, 5.41) is 0. The predicted octanol–water partition coefficient (Wildman–Crippen LogP) is 4.29. The standard InChI is InChI=1S/C25H23BrN2O4S2/c1-5-32-24(30)21-14(2)27-25-28(22(21)15-6-9-18(33-4)10-7-15)23(29)20(34-25)13-16-12-17(31-3)8-11-19(16)26/h6-13,22H,5H2,1-4H3/b20-13-/t22-/m1/s1. The Morgan fingerprint density at radius 2 is 2.00 bits per heavy atom. The monoisotopic (exact) mass is 558 g/mol. The van der Waals surface area contributed by atoms with Crippen LogP contribution in [0.25, 0.3) is 6.08 Å². The molecular weight excluding hydrogens is 536 g/mol. The molecule has 0 aliphatic carbocycles. The van der Waals surface area contributed by atoms with Gasteiger partial charge in [0.25, 0.3) is 5.56 Å². The third-order valence-corrected chi connectivity index (χ3v) is 7.89. The molecule has 3 aromatic rings. The van der Waals surface area contributed by atoms with Gasteiger partial charge < -0.3 is 9.47 Å². The van der Waals surface area contributed by atoms with E-state index in [0.717, 1.165) is 20.5 Å². The number of nitrogens with zero attached hydrogens (tertiary/aromatic N) is 2. The van der Waals surface area contributed by atoms with Crippen molar-refractivity contribution < 1.29 is 14.3 Å². The third-order valence-electron chi connectivity index (χ3n) is 5.44. The lowest BCUT2D eigenvalue weighted by Crippen LogP contribution is -2.39. The molecule has 0 unspecified atom stereocenters. The van der Waals surface area contributed by atoms with Crippen LogP contribution in [0.3, 0.4) is 0 Å². The van der Waals surface area contributed by atoms with Gasteiger partial charge in [0, 0.05) is 9.37 Å². The molecule has 6 nitrogen and oxygen atoms in total. The van der Waals surface area contributed by atoms with E-state index in [4.69, 9.17) is 9.47 Å². The van der Waals surface area contributed by atoms with E-state index in [1.165, 1.54) is 11.3 Å². The third kappa shape index (κ3) is 4.64. The maximum Gasteiger partial charge on any atom is 0.338 e. The van der Waals surface area contributed by atoms with Crippen molar-refractivity contribution in [3.8, 4) is 5.75 Å². The lowest BCUT2D eigenvalue weighted by Gasteiger charge is -2.24. The number of ether oxygens (including phenoxy) is 2. The number of methoxy groups -OCH3 is 1. The Labute approximate surface area is 213 Å². The van der Waals surface area contributed by atoms with Gasteiger partial charge in [0.1, 0.15) is 5.75 Å². The van der Waals surface area contributed by atoms with Crippen molar-refractivity contribution in [2.24, 2.45) is 4.99 Å². The first-order valence-corrected chi connectivity index (χ1v) is 13.4. The van der Waals surface area contributed by atoms with Crippen molar-refractivity contribution in [1.82, 2.24) is 4.57 Å². The van der Waals surface area contributed by atoms with Crippen molar-refractivity contribution in [3.63, 3.8) is 0 Å². The molecule has 4 rings (SSSR count). The molecule has 2 heterocycles. The van der Waals surface area contributed by atoms with Crippen LogP contribution in [0.4, 0.5) is 0 Å². The highest BCUT2D eigenvalue weighted by Crippen LogP contribution is 2.31. The van der Waals surface area contributed by atoms with E-state index in [9.17, 15) is 9.59 Å². The van der Waals surface area contributed by atoms with E-state index in [0.29, 0.717) is 26.4 Å². The fourth-order valence-electron chi connectivity index (χ4n) is 3.79. The number of thiazole rings is 1. The highest BCUT2D eigenvalue weighted by molar-refractivity contribution is 9.10. The molecule has 0 bridgehead atoms. The van der Waals surface area contributed by atoms with Crippen LogP contribution in [0.15, 0.2) is 72.9 Å². The van der Waals surface area contributed by atoms with Crippen molar-refractivity contribution in [2.75, 3.05) is 20.0 Å². The van der Waals surface area contributed by atoms with Crippen LogP contribution in [0.5, 0.6) is 5.75 Å². The zero-order chi connectivity index (χ0) is 24.4. The molecule has 0 N–H and O–H groups in total. The zero-order valence-corrected chi connectivity index (χ0v) is 22.3. The first kappa shape index (κ1) is 24.5. The predicted molar refractivity (Wildman–Crippen MR) is 139 cm³/mol. The molecule has 1 aromatic heterocycles. The Balaban J connectivity index is 1.95. The Bertz CT molecular complexity index is 1460. The summed E-state index contributed by atoms with van der Waals surface area (Å²) in [6.07, 6.45) is 3.82. The fourth-order valence-corrected chi connectivity index (χ4v) is 5.60. The summed E-state index contributed by atoms with van der Waals surface area (Å²) < 4.78 is 13.6. The van der Waals surface area contributed by atoms with Crippen LogP contribution in [-0.2, 0) is 9.53 Å². The molecular formula is C25H23BrN2O4S2. The molecule has 2 aromatic carbocycles. The number of benzene rings is 2. The van der Waals surface area contributed by atoms with E-state index < -0.39 is 12.0 Å². The number of carbonyl (C=O) groups excluding carboxylic acids is 1. The summed E-state index contributed by atoms with van der Waals surface area (Å²) >= 11 is 6.47. The Morgan fingerprint density at radius 3 is 2.65 bits per heavy atom. The number of fused-ring (bicyclic) bond motifs is 1. The van der Waals surface area contributed by atoms with Crippen molar-refractivity contribution in [1.29, 1.82) is 0 Å². The quantitative estimate of drug-likeness (QED) is 0.333. The zero-order valence-electron chi connectivity index (χ0n) is 19.1. The summed E-state index contributed by atoms with van der Waals surface area (Å²) in [6.45, 7) is 3.78. The molecule has 176 valence electrons. The minimum absolute atomic E-state index is 0.216. The van der Waals surface area contributed by atoms with Gasteiger partial charge in [-0.2, -0.15) is 0 Å². The Kier molecular flexibility index (Phi) is 7.45. The van der Waals surface area contributed by atoms with Gasteiger partial charge in [-0.15, -0.1) is 11.8 Å². The molecule has 1 aliphatic rings. The summed E-state index contributed by atoms with van der Waals surface area (Å²) in [5.41, 5.74) is 2.34. The number of esters is 1. The second-order valence-electron chi connectivity index (χ2n) is 7.46. The lowest BCUT2D eigenvalue weighted by molar-refractivity contribution is -0.139. The van der Waals surface area contributed by atoms with Gasteiger partial charge in [0.2, 0.25) is 0 Å². The minimum Gasteiger partial charge on any atom is -0.497 e. The molecule has 34 heavy (non-hydrogen) atoms. The van der Waals surface area contributed by atoms with E-state index in [-0.39, 0.29) is 12.2 Å². The normalized spacial score (nSPS) is 15.7. The van der Waals surface area contributed by atoms with Crippen LogP contribution in [0.2, 0.25) is 0 Å². The number of carbonyl (C=O) groups is 1. The van der Waals surface area contributed by atoms with Crippen LogP contribution in [0.1, 0.15) is 31.0 Å². The van der Waals surface area contributed by atoms with Crippen molar-refractivity contribution in [3.05, 3.63) is 89.0 Å². The van der Waals surface area contributed by atoms with Gasteiger partial charge in [0.05, 0.1) is 35.6 Å². The van der Waals surface area contributed by atoms with Crippen LogP contribution >= 0.6 is 39.0 Å². The van der Waals surface area contributed by atoms with Gasteiger partial charge in [-0.25, -0.2) is 9.79 Å². The number of thioether (sulfide) groups is 1. The number of hydrogen-bond acceptors (Lipinski definition) is 7. The SMILES string of the molecule is CCOC(=O)C1=C(C)N=c2s/c(=C\c3cc(OC)ccc3Br)c(=O)n2[C@@H]1c1ccc(SC)cc1. The summed E-state index contributed by atoms with van der Waals surface area (Å²) in [4.78, 5) is 32.9. The Hall–Kier alpha value is -2.62. The van der Waals surface area contributed by atoms with Crippen LogP contribution in [-0.4, -0.2) is 30.5 Å². The van der Waals surface area contributed by atoms with Crippen LogP contribution in [0, 0.1) is 0 Å². The lowest BCUT2D eigenvalue weighted by atomic mass is 9.96. The van der Waals surface area contributed by atoms with E-state index in [1.807, 2.05) is 54.8 Å². The number of halogens is 1. The van der Waals surface area contributed by atoms with E-state index in [2.05, 4.69) is 20.9 Å². The second-order valence-corrected chi connectivity index (χ2v) is 10.2. The molecule has 1 atom stereocenters. The smallest absolute Gasteiger partial charge is 0.338 e. The number of aromatic nitrogens is 1. The van der Waals surface area contributed by atoms with Crippen LogP contribution < -0.4 is 19.6 Å². The average molecular weight is 560 g/mol. The summed E-state index contributed by atoms with van der Waals surface area (Å²) in [7, 11) is 1.60. The molecule has 0 amide bonds.